The molecule has 5 nitrogen and oxygen atoms in total. The highest BCUT2D eigenvalue weighted by Crippen LogP contribution is 2.22. The van der Waals surface area contributed by atoms with Gasteiger partial charge < -0.3 is 15.5 Å². The van der Waals surface area contributed by atoms with Crippen LogP contribution in [0.15, 0.2) is 47.8 Å². The van der Waals surface area contributed by atoms with Crippen molar-refractivity contribution in [2.24, 2.45) is 11.7 Å². The van der Waals surface area contributed by atoms with Crippen molar-refractivity contribution >= 4 is 23.2 Å². The molecule has 3 rings (SSSR count). The van der Waals surface area contributed by atoms with E-state index in [-0.39, 0.29) is 23.8 Å². The van der Waals surface area contributed by atoms with Crippen molar-refractivity contribution in [1.29, 1.82) is 0 Å². The van der Waals surface area contributed by atoms with Crippen molar-refractivity contribution in [1.82, 2.24) is 9.80 Å². The second-order valence-corrected chi connectivity index (χ2v) is 7.27. The smallest absolute Gasteiger partial charge is 0.264 e. The monoisotopic (exact) mass is 357 g/mol. The van der Waals surface area contributed by atoms with E-state index in [4.69, 9.17) is 5.73 Å². The normalized spacial score (nSPS) is 17.2. The van der Waals surface area contributed by atoms with Crippen LogP contribution in [-0.4, -0.2) is 47.8 Å². The molecule has 1 aliphatic heterocycles. The van der Waals surface area contributed by atoms with Gasteiger partial charge in [0.25, 0.3) is 5.91 Å². The molecule has 0 spiro atoms. The Morgan fingerprint density at radius 3 is 2.24 bits per heavy atom. The Morgan fingerprint density at radius 2 is 1.64 bits per heavy atom. The van der Waals surface area contributed by atoms with Gasteiger partial charge in [0.1, 0.15) is 0 Å². The van der Waals surface area contributed by atoms with Gasteiger partial charge in [-0.1, -0.05) is 43.3 Å². The Bertz CT molecular complexity index is 710. The highest BCUT2D eigenvalue weighted by atomic mass is 32.1. The molecule has 1 saturated heterocycles. The maximum Gasteiger partial charge on any atom is 0.264 e. The summed E-state index contributed by atoms with van der Waals surface area (Å²) in [5, 5.41) is 1.90. The Morgan fingerprint density at radius 1 is 1.00 bits per heavy atom. The fraction of sp³-hybridized carbons (Fsp3) is 0.368. The number of carbonyl (C=O) groups excluding carboxylic acids is 2. The summed E-state index contributed by atoms with van der Waals surface area (Å²) >= 11 is 1.45. The van der Waals surface area contributed by atoms with Gasteiger partial charge in [0.2, 0.25) is 5.91 Å². The predicted octanol–water partition coefficient (Wildman–Crippen LogP) is 2.37. The average molecular weight is 357 g/mol. The van der Waals surface area contributed by atoms with Gasteiger partial charge in [0.15, 0.2) is 0 Å². The maximum atomic E-state index is 12.8. The summed E-state index contributed by atoms with van der Waals surface area (Å²) < 4.78 is 0. The van der Waals surface area contributed by atoms with Gasteiger partial charge in [-0.15, -0.1) is 11.3 Å². The lowest BCUT2D eigenvalue weighted by Crippen LogP contribution is -2.52. The molecule has 2 amide bonds. The van der Waals surface area contributed by atoms with Crippen LogP contribution in [0.5, 0.6) is 0 Å². The van der Waals surface area contributed by atoms with E-state index in [0.717, 1.165) is 10.4 Å². The minimum absolute atomic E-state index is 0.0520. The SMILES string of the molecule is CC(C(=O)N1CCN(C(=O)c2cccs2)CC1)C(N)c1ccccc1. The number of benzene rings is 1. The number of rotatable bonds is 4. The summed E-state index contributed by atoms with van der Waals surface area (Å²) in [6.45, 7) is 4.12. The third kappa shape index (κ3) is 3.91. The lowest BCUT2D eigenvalue weighted by molar-refractivity contribution is -0.137. The highest BCUT2D eigenvalue weighted by Gasteiger charge is 2.30. The molecule has 0 saturated carbocycles. The largest absolute Gasteiger partial charge is 0.339 e. The Kier molecular flexibility index (Phi) is 5.50. The number of piperazine rings is 1. The third-order valence-electron chi connectivity index (χ3n) is 4.72. The molecule has 132 valence electrons. The summed E-state index contributed by atoms with van der Waals surface area (Å²) in [5.74, 6) is -0.183. The maximum absolute atomic E-state index is 12.8. The molecule has 0 bridgehead atoms. The number of nitrogens with two attached hydrogens (primary N) is 1. The van der Waals surface area contributed by atoms with Gasteiger partial charge in [-0.2, -0.15) is 0 Å². The zero-order valence-electron chi connectivity index (χ0n) is 14.3. The second kappa shape index (κ2) is 7.80. The predicted molar refractivity (Wildman–Crippen MR) is 99.3 cm³/mol. The van der Waals surface area contributed by atoms with Crippen molar-refractivity contribution in [2.75, 3.05) is 26.2 Å². The minimum Gasteiger partial charge on any atom is -0.339 e. The first-order valence-corrected chi connectivity index (χ1v) is 9.38. The number of amides is 2. The Labute approximate surface area is 152 Å². The van der Waals surface area contributed by atoms with Gasteiger partial charge in [0.05, 0.1) is 10.8 Å². The number of hydrogen-bond donors (Lipinski definition) is 1. The Balaban J connectivity index is 1.57. The van der Waals surface area contributed by atoms with Crippen LogP contribution in [0, 0.1) is 5.92 Å². The first kappa shape index (κ1) is 17.6. The minimum atomic E-state index is -0.320. The van der Waals surface area contributed by atoms with Crippen molar-refractivity contribution in [2.45, 2.75) is 13.0 Å². The molecule has 2 atom stereocenters. The lowest BCUT2D eigenvalue weighted by Gasteiger charge is -2.36. The summed E-state index contributed by atoms with van der Waals surface area (Å²) in [6, 6.07) is 13.1. The van der Waals surface area contributed by atoms with Gasteiger partial charge in [0, 0.05) is 32.2 Å². The lowest BCUT2D eigenvalue weighted by atomic mass is 9.94. The van der Waals surface area contributed by atoms with Crippen LogP contribution in [0.25, 0.3) is 0 Å². The van der Waals surface area contributed by atoms with Crippen LogP contribution in [0.2, 0.25) is 0 Å². The first-order chi connectivity index (χ1) is 12.1. The second-order valence-electron chi connectivity index (χ2n) is 6.32. The molecule has 1 aromatic heterocycles. The van der Waals surface area contributed by atoms with Crippen LogP contribution >= 0.6 is 11.3 Å². The van der Waals surface area contributed by atoms with Gasteiger partial charge >= 0.3 is 0 Å². The molecule has 2 N–H and O–H groups in total. The number of nitrogens with zero attached hydrogens (tertiary/aromatic N) is 2. The quantitative estimate of drug-likeness (QED) is 0.913. The third-order valence-corrected chi connectivity index (χ3v) is 5.58. The van der Waals surface area contributed by atoms with E-state index in [0.29, 0.717) is 26.2 Å². The molecule has 1 aromatic carbocycles. The zero-order chi connectivity index (χ0) is 17.8. The summed E-state index contributed by atoms with van der Waals surface area (Å²) in [4.78, 5) is 29.5. The fourth-order valence-corrected chi connectivity index (χ4v) is 3.78. The summed E-state index contributed by atoms with van der Waals surface area (Å²) in [5.41, 5.74) is 7.24. The Hall–Kier alpha value is -2.18. The molecule has 2 heterocycles. The van der Waals surface area contributed by atoms with E-state index in [1.165, 1.54) is 11.3 Å². The summed E-state index contributed by atoms with van der Waals surface area (Å²) in [7, 11) is 0. The molecule has 0 aliphatic carbocycles. The standard InChI is InChI=1S/C19H23N3O2S/c1-14(17(20)15-6-3-2-4-7-15)18(23)21-9-11-22(12-10-21)19(24)16-8-5-13-25-16/h2-8,13-14,17H,9-12,20H2,1H3. The van der Waals surface area contributed by atoms with Crippen LogP contribution in [0.4, 0.5) is 0 Å². The molecule has 1 aliphatic rings. The van der Waals surface area contributed by atoms with E-state index in [2.05, 4.69) is 0 Å². The highest BCUT2D eigenvalue weighted by molar-refractivity contribution is 7.12. The summed E-state index contributed by atoms with van der Waals surface area (Å²) in [6.07, 6.45) is 0. The van der Waals surface area contributed by atoms with E-state index in [9.17, 15) is 9.59 Å². The van der Waals surface area contributed by atoms with Gasteiger partial charge in [-0.05, 0) is 17.0 Å². The molecule has 0 radical (unpaired) electrons. The van der Waals surface area contributed by atoms with Crippen LogP contribution in [-0.2, 0) is 4.79 Å². The van der Waals surface area contributed by atoms with Crippen molar-refractivity contribution in [3.63, 3.8) is 0 Å². The molecular formula is C19H23N3O2S. The zero-order valence-corrected chi connectivity index (χ0v) is 15.1. The number of carbonyl (C=O) groups is 2. The van der Waals surface area contributed by atoms with E-state index in [1.54, 1.807) is 0 Å². The van der Waals surface area contributed by atoms with Crippen LogP contribution in [0.1, 0.15) is 28.2 Å². The van der Waals surface area contributed by atoms with Crippen LogP contribution in [0.3, 0.4) is 0 Å². The van der Waals surface area contributed by atoms with Crippen molar-refractivity contribution in [3.8, 4) is 0 Å². The van der Waals surface area contributed by atoms with Crippen LogP contribution < -0.4 is 5.73 Å². The number of hydrogen-bond acceptors (Lipinski definition) is 4. The molecule has 25 heavy (non-hydrogen) atoms. The first-order valence-electron chi connectivity index (χ1n) is 8.50. The molecule has 2 unspecified atom stereocenters. The van der Waals surface area contributed by atoms with Crippen molar-refractivity contribution in [3.05, 3.63) is 58.3 Å². The average Bonchev–Trinajstić information content (AvgIpc) is 3.21. The topological polar surface area (TPSA) is 66.6 Å². The van der Waals surface area contributed by atoms with E-state index in [1.807, 2.05) is 64.6 Å². The van der Waals surface area contributed by atoms with E-state index >= 15 is 0 Å². The number of thiophene rings is 1. The molecular weight excluding hydrogens is 334 g/mol. The van der Waals surface area contributed by atoms with Crippen molar-refractivity contribution < 1.29 is 9.59 Å². The van der Waals surface area contributed by atoms with Gasteiger partial charge in [-0.25, -0.2) is 0 Å². The molecule has 1 fully saturated rings. The fourth-order valence-electron chi connectivity index (χ4n) is 3.09. The van der Waals surface area contributed by atoms with Gasteiger partial charge in [-0.3, -0.25) is 9.59 Å². The van der Waals surface area contributed by atoms with E-state index < -0.39 is 0 Å². The molecule has 6 heteroatoms. The molecule has 2 aromatic rings.